The molecular formula is C14H21NO2. The molecule has 1 atom stereocenters. The second-order valence-corrected chi connectivity index (χ2v) is 4.48. The van der Waals surface area contributed by atoms with E-state index in [1.165, 1.54) is 24.0 Å². The van der Waals surface area contributed by atoms with E-state index in [0.29, 0.717) is 12.6 Å². The van der Waals surface area contributed by atoms with Gasteiger partial charge in [-0.1, -0.05) is 13.0 Å². The monoisotopic (exact) mass is 235 g/mol. The third-order valence-corrected chi connectivity index (χ3v) is 3.19. The van der Waals surface area contributed by atoms with Crippen LogP contribution < -0.4 is 10.1 Å². The number of aryl methyl sites for hydroxylation is 1. The number of hydrogen-bond acceptors (Lipinski definition) is 3. The van der Waals surface area contributed by atoms with Crippen LogP contribution >= 0.6 is 0 Å². The Hall–Kier alpha value is -1.06. The fraction of sp³-hybridized carbons (Fsp3) is 0.571. The molecule has 0 spiro atoms. The topological polar surface area (TPSA) is 41.5 Å². The van der Waals surface area contributed by atoms with Gasteiger partial charge in [0, 0.05) is 6.04 Å². The molecule has 3 heteroatoms. The Bertz CT molecular complexity index is 365. The Morgan fingerprint density at radius 3 is 3.12 bits per heavy atom. The lowest BCUT2D eigenvalue weighted by molar-refractivity contribution is 0.201. The molecule has 1 aromatic carbocycles. The average Bonchev–Trinajstić information content (AvgIpc) is 2.76. The fourth-order valence-electron chi connectivity index (χ4n) is 2.38. The molecule has 0 aromatic heterocycles. The van der Waals surface area contributed by atoms with Crippen molar-refractivity contribution in [2.45, 2.75) is 32.2 Å². The number of fused-ring (bicyclic) bond motifs is 1. The molecule has 1 aromatic rings. The Balaban J connectivity index is 2.03. The Morgan fingerprint density at radius 2 is 2.35 bits per heavy atom. The van der Waals surface area contributed by atoms with Crippen LogP contribution in [0.3, 0.4) is 0 Å². The molecule has 94 valence electrons. The smallest absolute Gasteiger partial charge is 0.119 e. The minimum absolute atomic E-state index is 0.0672. The molecule has 17 heavy (non-hydrogen) atoms. The van der Waals surface area contributed by atoms with Crippen LogP contribution in [0.15, 0.2) is 18.2 Å². The first-order valence-corrected chi connectivity index (χ1v) is 6.45. The van der Waals surface area contributed by atoms with Gasteiger partial charge >= 0.3 is 0 Å². The average molecular weight is 235 g/mol. The van der Waals surface area contributed by atoms with Gasteiger partial charge in [0.2, 0.25) is 0 Å². The van der Waals surface area contributed by atoms with Gasteiger partial charge in [-0.3, -0.25) is 0 Å². The molecule has 3 nitrogen and oxygen atoms in total. The summed E-state index contributed by atoms with van der Waals surface area (Å²) in [7, 11) is 0. The van der Waals surface area contributed by atoms with Crippen LogP contribution in [0.1, 0.15) is 36.9 Å². The van der Waals surface area contributed by atoms with Crippen LogP contribution in [0.4, 0.5) is 0 Å². The highest BCUT2D eigenvalue weighted by atomic mass is 16.5. The van der Waals surface area contributed by atoms with E-state index in [2.05, 4.69) is 24.4 Å². The molecule has 0 radical (unpaired) electrons. The standard InChI is InChI=1S/C14H21NO2/c1-2-7-15-14-6-3-11-10-12(17-9-8-16)4-5-13(11)14/h4-5,10,14-16H,2-3,6-9H2,1H3. The van der Waals surface area contributed by atoms with Crippen LogP contribution in [0.25, 0.3) is 0 Å². The third-order valence-electron chi connectivity index (χ3n) is 3.19. The van der Waals surface area contributed by atoms with Crippen LogP contribution in [0, 0.1) is 0 Å². The number of aliphatic hydroxyl groups is 1. The number of nitrogens with one attached hydrogen (secondary N) is 1. The Morgan fingerprint density at radius 1 is 1.47 bits per heavy atom. The van der Waals surface area contributed by atoms with Gasteiger partial charge in [0.15, 0.2) is 0 Å². The van der Waals surface area contributed by atoms with Gasteiger partial charge < -0.3 is 15.2 Å². The number of aliphatic hydroxyl groups excluding tert-OH is 1. The molecule has 0 aliphatic heterocycles. The predicted octanol–water partition coefficient (Wildman–Crippen LogP) is 2.04. The molecular weight excluding hydrogens is 214 g/mol. The number of rotatable bonds is 6. The van der Waals surface area contributed by atoms with E-state index in [0.717, 1.165) is 18.7 Å². The summed E-state index contributed by atoms with van der Waals surface area (Å²) in [5.74, 6) is 0.869. The number of ether oxygens (including phenoxy) is 1. The summed E-state index contributed by atoms with van der Waals surface area (Å²) in [6.07, 6.45) is 3.47. The van der Waals surface area contributed by atoms with Gasteiger partial charge in [-0.15, -0.1) is 0 Å². The van der Waals surface area contributed by atoms with Crippen molar-refractivity contribution in [3.05, 3.63) is 29.3 Å². The summed E-state index contributed by atoms with van der Waals surface area (Å²) < 4.78 is 5.43. The second-order valence-electron chi connectivity index (χ2n) is 4.48. The molecule has 1 aliphatic rings. The van der Waals surface area contributed by atoms with E-state index in [-0.39, 0.29) is 6.61 Å². The first-order chi connectivity index (χ1) is 8.35. The van der Waals surface area contributed by atoms with Crippen molar-refractivity contribution in [3.8, 4) is 5.75 Å². The first-order valence-electron chi connectivity index (χ1n) is 6.45. The second kappa shape index (κ2) is 6.03. The van der Waals surface area contributed by atoms with Crippen molar-refractivity contribution in [1.82, 2.24) is 5.32 Å². The maximum Gasteiger partial charge on any atom is 0.119 e. The van der Waals surface area contributed by atoms with Gasteiger partial charge in [0.25, 0.3) is 0 Å². The molecule has 0 amide bonds. The molecule has 0 bridgehead atoms. The van der Waals surface area contributed by atoms with E-state index < -0.39 is 0 Å². The highest BCUT2D eigenvalue weighted by molar-refractivity contribution is 5.40. The summed E-state index contributed by atoms with van der Waals surface area (Å²) in [5.41, 5.74) is 2.80. The highest BCUT2D eigenvalue weighted by Crippen LogP contribution is 2.33. The normalized spacial score (nSPS) is 18.1. The van der Waals surface area contributed by atoms with Crippen LogP contribution in [0.2, 0.25) is 0 Å². The van der Waals surface area contributed by atoms with Gasteiger partial charge in [-0.25, -0.2) is 0 Å². The van der Waals surface area contributed by atoms with Crippen LogP contribution in [0.5, 0.6) is 5.75 Å². The summed E-state index contributed by atoms with van der Waals surface area (Å²) in [6.45, 7) is 3.70. The number of benzene rings is 1. The molecule has 0 heterocycles. The molecule has 0 fully saturated rings. The van der Waals surface area contributed by atoms with E-state index in [9.17, 15) is 0 Å². The Kier molecular flexibility index (Phi) is 4.40. The molecule has 1 unspecified atom stereocenters. The maximum absolute atomic E-state index is 8.73. The molecule has 2 N–H and O–H groups in total. The number of hydrogen-bond donors (Lipinski definition) is 2. The zero-order chi connectivity index (χ0) is 12.1. The van der Waals surface area contributed by atoms with Gasteiger partial charge in [-0.2, -0.15) is 0 Å². The van der Waals surface area contributed by atoms with E-state index in [4.69, 9.17) is 9.84 Å². The third kappa shape index (κ3) is 2.99. The van der Waals surface area contributed by atoms with Gasteiger partial charge in [0.05, 0.1) is 6.61 Å². The quantitative estimate of drug-likeness (QED) is 0.793. The van der Waals surface area contributed by atoms with Crippen molar-refractivity contribution >= 4 is 0 Å². The molecule has 2 rings (SSSR count). The zero-order valence-corrected chi connectivity index (χ0v) is 10.4. The van der Waals surface area contributed by atoms with Crippen molar-refractivity contribution in [3.63, 3.8) is 0 Å². The zero-order valence-electron chi connectivity index (χ0n) is 10.4. The minimum Gasteiger partial charge on any atom is -0.491 e. The lowest BCUT2D eigenvalue weighted by Gasteiger charge is -2.13. The van der Waals surface area contributed by atoms with Gasteiger partial charge in [-0.05, 0) is 49.1 Å². The largest absolute Gasteiger partial charge is 0.491 e. The van der Waals surface area contributed by atoms with Crippen molar-refractivity contribution < 1.29 is 9.84 Å². The first kappa shape index (κ1) is 12.4. The molecule has 0 saturated carbocycles. The molecule has 1 aliphatic carbocycles. The van der Waals surface area contributed by atoms with Crippen molar-refractivity contribution in [1.29, 1.82) is 0 Å². The lowest BCUT2D eigenvalue weighted by Crippen LogP contribution is -2.19. The predicted molar refractivity (Wildman–Crippen MR) is 68.4 cm³/mol. The highest BCUT2D eigenvalue weighted by Gasteiger charge is 2.21. The summed E-state index contributed by atoms with van der Waals surface area (Å²) in [5, 5.41) is 12.3. The summed E-state index contributed by atoms with van der Waals surface area (Å²) in [6, 6.07) is 6.78. The van der Waals surface area contributed by atoms with E-state index >= 15 is 0 Å². The van der Waals surface area contributed by atoms with Crippen molar-refractivity contribution in [2.75, 3.05) is 19.8 Å². The SMILES string of the molecule is CCCNC1CCc2cc(OCCO)ccc21. The minimum atomic E-state index is 0.0672. The van der Waals surface area contributed by atoms with Gasteiger partial charge in [0.1, 0.15) is 12.4 Å². The summed E-state index contributed by atoms with van der Waals surface area (Å²) >= 11 is 0. The summed E-state index contributed by atoms with van der Waals surface area (Å²) in [4.78, 5) is 0. The fourth-order valence-corrected chi connectivity index (χ4v) is 2.38. The molecule has 0 saturated heterocycles. The maximum atomic E-state index is 8.73. The van der Waals surface area contributed by atoms with E-state index in [1.54, 1.807) is 0 Å². The van der Waals surface area contributed by atoms with E-state index in [1.807, 2.05) is 6.07 Å². The lowest BCUT2D eigenvalue weighted by atomic mass is 10.1. The Labute approximate surface area is 103 Å². The van der Waals surface area contributed by atoms with Crippen LogP contribution in [-0.2, 0) is 6.42 Å². The van der Waals surface area contributed by atoms with Crippen molar-refractivity contribution in [2.24, 2.45) is 0 Å². The van der Waals surface area contributed by atoms with Crippen LogP contribution in [-0.4, -0.2) is 24.9 Å².